The maximum Gasteiger partial charge on any atom is 0.0628 e. The molecule has 17 heavy (non-hydrogen) atoms. The van der Waals surface area contributed by atoms with Gasteiger partial charge in [0.2, 0.25) is 0 Å². The second kappa shape index (κ2) is 5.57. The van der Waals surface area contributed by atoms with E-state index in [1.54, 1.807) is 0 Å². The molecule has 2 rings (SSSR count). The summed E-state index contributed by atoms with van der Waals surface area (Å²) in [6, 6.07) is 16.1. The van der Waals surface area contributed by atoms with Gasteiger partial charge < -0.3 is 0 Å². The summed E-state index contributed by atoms with van der Waals surface area (Å²) in [5.74, 6) is 0. The summed E-state index contributed by atoms with van der Waals surface area (Å²) in [6.45, 7) is 2.01. The number of benzene rings is 2. The van der Waals surface area contributed by atoms with E-state index < -0.39 is 0 Å². The smallest absolute Gasteiger partial charge is 0.0628 e. The number of hydrogen-bond donors (Lipinski definition) is 0. The van der Waals surface area contributed by atoms with Gasteiger partial charge in [-0.05, 0) is 36.1 Å². The van der Waals surface area contributed by atoms with Crippen molar-refractivity contribution in [2.75, 3.05) is 0 Å². The molecule has 2 aromatic rings. The third-order valence-corrected chi connectivity index (χ3v) is 3.70. The van der Waals surface area contributed by atoms with E-state index in [4.69, 9.17) is 23.2 Å². The van der Waals surface area contributed by atoms with Crippen LogP contribution in [0, 0.1) is 6.92 Å². The van der Waals surface area contributed by atoms with Crippen LogP contribution in [0.15, 0.2) is 48.5 Å². The fourth-order valence-electron chi connectivity index (χ4n) is 1.89. The first kappa shape index (κ1) is 12.5. The van der Waals surface area contributed by atoms with Gasteiger partial charge in [0.15, 0.2) is 0 Å². The molecule has 1 unspecified atom stereocenters. The Labute approximate surface area is 112 Å². The SMILES string of the molecule is Cc1c(Cl)cccc1C(Cl)Cc1ccccc1. The average molecular weight is 265 g/mol. The van der Waals surface area contributed by atoms with Gasteiger partial charge >= 0.3 is 0 Å². The van der Waals surface area contributed by atoms with Crippen LogP contribution >= 0.6 is 23.2 Å². The van der Waals surface area contributed by atoms with Crippen molar-refractivity contribution in [2.45, 2.75) is 18.7 Å². The Morgan fingerprint density at radius 3 is 2.41 bits per heavy atom. The highest BCUT2D eigenvalue weighted by Crippen LogP contribution is 2.30. The van der Waals surface area contributed by atoms with E-state index in [-0.39, 0.29) is 5.38 Å². The molecule has 0 saturated heterocycles. The van der Waals surface area contributed by atoms with Gasteiger partial charge in [0.25, 0.3) is 0 Å². The van der Waals surface area contributed by atoms with Crippen molar-refractivity contribution in [1.82, 2.24) is 0 Å². The fourth-order valence-corrected chi connectivity index (χ4v) is 2.49. The van der Waals surface area contributed by atoms with Crippen molar-refractivity contribution >= 4 is 23.2 Å². The lowest BCUT2D eigenvalue weighted by atomic mass is 10.00. The summed E-state index contributed by atoms with van der Waals surface area (Å²) in [5.41, 5.74) is 3.43. The number of hydrogen-bond acceptors (Lipinski definition) is 0. The molecule has 0 aromatic heterocycles. The Bertz CT molecular complexity index is 492. The van der Waals surface area contributed by atoms with Crippen LogP contribution in [0.1, 0.15) is 22.1 Å². The first-order valence-electron chi connectivity index (χ1n) is 5.61. The lowest BCUT2D eigenvalue weighted by Crippen LogP contribution is -1.98. The molecule has 1 atom stereocenters. The van der Waals surface area contributed by atoms with Crippen LogP contribution in [0.3, 0.4) is 0 Å². The Morgan fingerprint density at radius 2 is 1.71 bits per heavy atom. The molecule has 0 N–H and O–H groups in total. The molecule has 0 spiro atoms. The van der Waals surface area contributed by atoms with Crippen LogP contribution in [0.2, 0.25) is 5.02 Å². The lowest BCUT2D eigenvalue weighted by Gasteiger charge is -2.13. The largest absolute Gasteiger partial charge is 0.117 e. The minimum atomic E-state index is -0.0314. The van der Waals surface area contributed by atoms with E-state index in [0.717, 1.165) is 22.6 Å². The standard InChI is InChI=1S/C15H14Cl2/c1-11-13(8-5-9-14(11)16)15(17)10-12-6-3-2-4-7-12/h2-9,15H,10H2,1H3. The summed E-state index contributed by atoms with van der Waals surface area (Å²) >= 11 is 12.6. The molecule has 0 aliphatic heterocycles. The summed E-state index contributed by atoms with van der Waals surface area (Å²) in [6.07, 6.45) is 0.823. The molecule has 0 heterocycles. The third-order valence-electron chi connectivity index (χ3n) is 2.90. The molecule has 0 amide bonds. The highest BCUT2D eigenvalue weighted by atomic mass is 35.5. The fraction of sp³-hybridized carbons (Fsp3) is 0.200. The van der Waals surface area contributed by atoms with E-state index >= 15 is 0 Å². The predicted molar refractivity (Wildman–Crippen MR) is 74.9 cm³/mol. The Kier molecular flexibility index (Phi) is 4.09. The van der Waals surface area contributed by atoms with Crippen LogP contribution in [-0.2, 0) is 6.42 Å². The van der Waals surface area contributed by atoms with Crippen molar-refractivity contribution in [1.29, 1.82) is 0 Å². The number of halogens is 2. The van der Waals surface area contributed by atoms with Gasteiger partial charge in [-0.1, -0.05) is 54.1 Å². The summed E-state index contributed by atoms with van der Waals surface area (Å²) in [4.78, 5) is 0. The quantitative estimate of drug-likeness (QED) is 0.671. The molecule has 0 aliphatic rings. The molecule has 0 fully saturated rings. The first-order valence-corrected chi connectivity index (χ1v) is 6.43. The molecular weight excluding hydrogens is 251 g/mol. The minimum absolute atomic E-state index is 0.0314. The molecule has 0 radical (unpaired) electrons. The van der Waals surface area contributed by atoms with Gasteiger partial charge in [0, 0.05) is 5.02 Å². The van der Waals surface area contributed by atoms with Crippen LogP contribution < -0.4 is 0 Å². The highest BCUT2D eigenvalue weighted by Gasteiger charge is 2.12. The second-order valence-electron chi connectivity index (χ2n) is 4.11. The molecule has 0 aliphatic carbocycles. The van der Waals surface area contributed by atoms with Crippen molar-refractivity contribution in [2.24, 2.45) is 0 Å². The van der Waals surface area contributed by atoms with Gasteiger partial charge in [-0.15, -0.1) is 11.6 Å². The van der Waals surface area contributed by atoms with E-state index in [9.17, 15) is 0 Å². The first-order chi connectivity index (χ1) is 8.18. The van der Waals surface area contributed by atoms with Gasteiger partial charge in [-0.3, -0.25) is 0 Å². The Balaban J connectivity index is 2.20. The molecule has 2 aromatic carbocycles. The van der Waals surface area contributed by atoms with Gasteiger partial charge in [-0.2, -0.15) is 0 Å². The highest BCUT2D eigenvalue weighted by molar-refractivity contribution is 6.31. The third kappa shape index (κ3) is 3.02. The van der Waals surface area contributed by atoms with E-state index in [1.165, 1.54) is 5.56 Å². The van der Waals surface area contributed by atoms with Gasteiger partial charge in [0.1, 0.15) is 0 Å². The van der Waals surface area contributed by atoms with Crippen LogP contribution in [0.5, 0.6) is 0 Å². The van der Waals surface area contributed by atoms with Gasteiger partial charge in [-0.25, -0.2) is 0 Å². The molecule has 0 saturated carbocycles. The minimum Gasteiger partial charge on any atom is -0.117 e. The maximum atomic E-state index is 6.46. The topological polar surface area (TPSA) is 0 Å². The van der Waals surface area contributed by atoms with Crippen LogP contribution in [0.25, 0.3) is 0 Å². The number of alkyl halides is 1. The van der Waals surface area contributed by atoms with Crippen molar-refractivity contribution < 1.29 is 0 Å². The molecular formula is C15H14Cl2. The average Bonchev–Trinajstić information content (AvgIpc) is 2.34. The zero-order chi connectivity index (χ0) is 12.3. The Hall–Kier alpha value is -0.980. The summed E-state index contributed by atoms with van der Waals surface area (Å²) in [7, 11) is 0. The molecule has 2 heteroatoms. The zero-order valence-corrected chi connectivity index (χ0v) is 11.2. The number of rotatable bonds is 3. The zero-order valence-electron chi connectivity index (χ0n) is 9.66. The van der Waals surface area contributed by atoms with Crippen LogP contribution in [0.4, 0.5) is 0 Å². The van der Waals surface area contributed by atoms with Gasteiger partial charge in [0.05, 0.1) is 5.38 Å². The van der Waals surface area contributed by atoms with Crippen molar-refractivity contribution in [3.05, 3.63) is 70.2 Å². The van der Waals surface area contributed by atoms with E-state index in [2.05, 4.69) is 12.1 Å². The molecule has 0 bridgehead atoms. The summed E-state index contributed by atoms with van der Waals surface area (Å²) < 4.78 is 0. The van der Waals surface area contributed by atoms with E-state index in [1.807, 2.05) is 43.3 Å². The lowest BCUT2D eigenvalue weighted by molar-refractivity contribution is 0.910. The van der Waals surface area contributed by atoms with Crippen LogP contribution in [-0.4, -0.2) is 0 Å². The summed E-state index contributed by atoms with van der Waals surface area (Å²) in [5, 5.41) is 0.748. The molecule has 0 nitrogen and oxygen atoms in total. The van der Waals surface area contributed by atoms with E-state index in [0.29, 0.717) is 0 Å². The Morgan fingerprint density at radius 1 is 1.00 bits per heavy atom. The predicted octanol–water partition coefficient (Wildman–Crippen LogP) is 5.17. The maximum absolute atomic E-state index is 6.46. The molecule has 88 valence electrons. The second-order valence-corrected chi connectivity index (χ2v) is 5.05. The monoisotopic (exact) mass is 264 g/mol. The normalized spacial score (nSPS) is 12.4. The van der Waals surface area contributed by atoms with Crippen molar-refractivity contribution in [3.63, 3.8) is 0 Å². The van der Waals surface area contributed by atoms with Crippen molar-refractivity contribution in [3.8, 4) is 0 Å².